The van der Waals surface area contributed by atoms with Crippen LogP contribution in [0.15, 0.2) is 36.7 Å². The van der Waals surface area contributed by atoms with Gasteiger partial charge in [0, 0.05) is 0 Å². The Bertz CT molecular complexity index is 713. The van der Waals surface area contributed by atoms with E-state index in [4.69, 9.17) is 14.7 Å². The summed E-state index contributed by atoms with van der Waals surface area (Å²) >= 11 is 0. The quantitative estimate of drug-likeness (QED) is 0.809. The van der Waals surface area contributed by atoms with E-state index in [-0.39, 0.29) is 11.6 Å². The Morgan fingerprint density at radius 1 is 1.18 bits per heavy atom. The molecule has 6 heteroatoms. The molecule has 6 nitrogen and oxygen atoms in total. The van der Waals surface area contributed by atoms with Crippen LogP contribution in [-0.4, -0.2) is 21.5 Å². The number of nitrogens with zero attached hydrogens (tertiary/aromatic N) is 3. The van der Waals surface area contributed by atoms with Crippen LogP contribution in [0, 0.1) is 11.3 Å². The van der Waals surface area contributed by atoms with E-state index in [1.54, 1.807) is 45.0 Å². The summed E-state index contributed by atoms with van der Waals surface area (Å²) in [6.07, 6.45) is 2.59. The minimum atomic E-state index is -0.598. The van der Waals surface area contributed by atoms with Gasteiger partial charge < -0.3 is 9.47 Å². The van der Waals surface area contributed by atoms with Crippen molar-refractivity contribution >= 4 is 5.97 Å². The highest BCUT2D eigenvalue weighted by atomic mass is 16.6. The van der Waals surface area contributed by atoms with Crippen molar-refractivity contribution in [1.82, 2.24) is 9.97 Å². The molecular weight excluding hydrogens is 282 g/mol. The number of aromatic nitrogens is 2. The van der Waals surface area contributed by atoms with Gasteiger partial charge in [0.1, 0.15) is 17.4 Å². The predicted molar refractivity (Wildman–Crippen MR) is 78.4 cm³/mol. The fourth-order valence-electron chi connectivity index (χ4n) is 1.57. The van der Waals surface area contributed by atoms with Gasteiger partial charge >= 0.3 is 5.97 Å². The minimum absolute atomic E-state index is 0.0934. The lowest BCUT2D eigenvalue weighted by atomic mass is 10.2. The Balaban J connectivity index is 2.13. The van der Waals surface area contributed by atoms with E-state index in [0.717, 1.165) is 0 Å². The molecule has 1 aromatic carbocycles. The number of benzene rings is 1. The first-order chi connectivity index (χ1) is 10.4. The van der Waals surface area contributed by atoms with Gasteiger partial charge in [-0.15, -0.1) is 0 Å². The summed E-state index contributed by atoms with van der Waals surface area (Å²) in [6, 6.07) is 8.80. The molecule has 0 saturated carbocycles. The lowest BCUT2D eigenvalue weighted by Crippen LogP contribution is -2.24. The maximum absolute atomic E-state index is 11.8. The second-order valence-electron chi connectivity index (χ2n) is 5.45. The number of hydrogen-bond acceptors (Lipinski definition) is 6. The summed E-state index contributed by atoms with van der Waals surface area (Å²) in [5, 5.41) is 8.99. The van der Waals surface area contributed by atoms with Gasteiger partial charge in [-0.1, -0.05) is 12.1 Å². The van der Waals surface area contributed by atoms with Crippen molar-refractivity contribution < 1.29 is 14.3 Å². The third-order valence-electron chi connectivity index (χ3n) is 2.46. The molecule has 0 atom stereocenters. The van der Waals surface area contributed by atoms with Crippen LogP contribution in [0.25, 0.3) is 0 Å². The summed E-state index contributed by atoms with van der Waals surface area (Å²) in [7, 11) is 0. The second-order valence-corrected chi connectivity index (χ2v) is 5.45. The van der Waals surface area contributed by atoms with Crippen LogP contribution in [-0.2, 0) is 4.74 Å². The second kappa shape index (κ2) is 6.22. The van der Waals surface area contributed by atoms with Gasteiger partial charge in [0.05, 0.1) is 18.0 Å². The molecule has 0 aliphatic heterocycles. The number of esters is 1. The molecule has 1 aromatic heterocycles. The van der Waals surface area contributed by atoms with Crippen molar-refractivity contribution in [2.45, 2.75) is 26.4 Å². The van der Waals surface area contributed by atoms with Crippen molar-refractivity contribution in [1.29, 1.82) is 5.26 Å². The minimum Gasteiger partial charge on any atom is -0.455 e. The van der Waals surface area contributed by atoms with Gasteiger partial charge in [0.25, 0.3) is 0 Å². The number of carbonyl (C=O) groups excluding carboxylic acids is 1. The largest absolute Gasteiger partial charge is 0.455 e. The topological polar surface area (TPSA) is 85.1 Å². The zero-order chi connectivity index (χ0) is 16.2. The fraction of sp³-hybridized carbons (Fsp3) is 0.250. The van der Waals surface area contributed by atoms with Crippen molar-refractivity contribution in [3.05, 3.63) is 47.9 Å². The van der Waals surface area contributed by atoms with E-state index < -0.39 is 11.6 Å². The van der Waals surface area contributed by atoms with Crippen molar-refractivity contribution in [3.8, 4) is 17.7 Å². The molecule has 0 amide bonds. The van der Waals surface area contributed by atoms with Crippen molar-refractivity contribution in [3.63, 3.8) is 0 Å². The van der Waals surface area contributed by atoms with Crippen LogP contribution >= 0.6 is 0 Å². The van der Waals surface area contributed by atoms with Gasteiger partial charge in [-0.25, -0.2) is 14.8 Å². The number of rotatable bonds is 3. The Hall–Kier alpha value is -2.94. The van der Waals surface area contributed by atoms with E-state index in [2.05, 4.69) is 9.97 Å². The molecule has 2 rings (SSSR count). The van der Waals surface area contributed by atoms with Crippen molar-refractivity contribution in [2.24, 2.45) is 0 Å². The van der Waals surface area contributed by atoms with Gasteiger partial charge in [-0.05, 0) is 32.9 Å². The van der Waals surface area contributed by atoms with Crippen LogP contribution in [0.3, 0.4) is 0 Å². The Morgan fingerprint density at radius 3 is 2.50 bits per heavy atom. The third-order valence-corrected chi connectivity index (χ3v) is 2.46. The number of nitriles is 1. The predicted octanol–water partition coefficient (Wildman–Crippen LogP) is 3.10. The van der Waals surface area contributed by atoms with Crippen molar-refractivity contribution in [2.75, 3.05) is 0 Å². The van der Waals surface area contributed by atoms with Crippen LogP contribution in [0.4, 0.5) is 0 Å². The number of para-hydroxylation sites is 1. The molecule has 0 aliphatic carbocycles. The van der Waals surface area contributed by atoms with E-state index in [0.29, 0.717) is 11.3 Å². The maximum Gasteiger partial charge on any atom is 0.359 e. The van der Waals surface area contributed by atoms with Crippen LogP contribution in [0.1, 0.15) is 36.8 Å². The first-order valence-electron chi connectivity index (χ1n) is 6.61. The number of carbonyl (C=O) groups is 1. The highest BCUT2D eigenvalue weighted by Gasteiger charge is 2.19. The summed E-state index contributed by atoms with van der Waals surface area (Å²) in [6.45, 7) is 5.32. The lowest BCUT2D eigenvalue weighted by Gasteiger charge is -2.18. The number of ether oxygens (including phenoxy) is 2. The monoisotopic (exact) mass is 297 g/mol. The molecule has 0 unspecified atom stereocenters. The normalized spacial score (nSPS) is 10.6. The zero-order valence-corrected chi connectivity index (χ0v) is 12.5. The summed E-state index contributed by atoms with van der Waals surface area (Å²) in [5.41, 5.74) is -0.115. The van der Waals surface area contributed by atoms with Crippen LogP contribution < -0.4 is 4.74 Å². The molecule has 22 heavy (non-hydrogen) atoms. The van der Waals surface area contributed by atoms with E-state index >= 15 is 0 Å². The molecule has 0 N–H and O–H groups in total. The lowest BCUT2D eigenvalue weighted by molar-refractivity contribution is 0.00622. The summed E-state index contributed by atoms with van der Waals surface area (Å²) < 4.78 is 10.7. The zero-order valence-electron chi connectivity index (χ0n) is 12.5. The Morgan fingerprint density at radius 2 is 1.91 bits per heavy atom. The van der Waals surface area contributed by atoms with Gasteiger partial charge in [0.15, 0.2) is 5.69 Å². The first-order valence-corrected chi connectivity index (χ1v) is 6.61. The molecule has 0 fully saturated rings. The standard InChI is InChI=1S/C16H15N3O3/c1-16(2,3)22-15(20)12-9-19-14(10-18-12)21-13-7-5-4-6-11(13)8-17/h4-7,9-10H,1-3H3. The molecule has 112 valence electrons. The van der Waals surface area contributed by atoms with E-state index in [1.807, 2.05) is 6.07 Å². The van der Waals surface area contributed by atoms with Gasteiger partial charge in [-0.2, -0.15) is 5.26 Å². The van der Waals surface area contributed by atoms with E-state index in [9.17, 15) is 4.79 Å². The average Bonchev–Trinajstić information content (AvgIpc) is 2.47. The van der Waals surface area contributed by atoms with E-state index in [1.165, 1.54) is 12.4 Å². The highest BCUT2D eigenvalue weighted by Crippen LogP contribution is 2.22. The smallest absolute Gasteiger partial charge is 0.359 e. The molecule has 0 spiro atoms. The fourth-order valence-corrected chi connectivity index (χ4v) is 1.57. The van der Waals surface area contributed by atoms with Crippen LogP contribution in [0.2, 0.25) is 0 Å². The Kier molecular flexibility index (Phi) is 4.37. The molecule has 2 aromatic rings. The molecular formula is C16H15N3O3. The molecule has 0 saturated heterocycles. The molecule has 0 aliphatic rings. The molecule has 0 bridgehead atoms. The maximum atomic E-state index is 11.8. The summed E-state index contributed by atoms with van der Waals surface area (Å²) in [4.78, 5) is 19.8. The average molecular weight is 297 g/mol. The van der Waals surface area contributed by atoms with Crippen LogP contribution in [0.5, 0.6) is 11.6 Å². The number of hydrogen-bond donors (Lipinski definition) is 0. The summed E-state index contributed by atoms with van der Waals surface area (Å²) in [5.74, 6) is 0.0169. The van der Waals surface area contributed by atoms with Gasteiger partial charge in [-0.3, -0.25) is 0 Å². The first kappa shape index (κ1) is 15.4. The third kappa shape index (κ3) is 4.03. The molecule has 1 heterocycles. The SMILES string of the molecule is CC(C)(C)OC(=O)c1cnc(Oc2ccccc2C#N)cn1. The highest BCUT2D eigenvalue weighted by molar-refractivity contribution is 5.87. The van der Waals surface area contributed by atoms with Gasteiger partial charge in [0.2, 0.25) is 5.88 Å². The Labute approximate surface area is 128 Å². The molecule has 0 radical (unpaired) electrons.